The largest absolute Gasteiger partial charge is 0.383 e. The maximum absolute atomic E-state index is 5.00. The van der Waals surface area contributed by atoms with Gasteiger partial charge in [0.25, 0.3) is 0 Å². The summed E-state index contributed by atoms with van der Waals surface area (Å²) in [4.78, 5) is 2.47. The molecule has 90 valence electrons. The molecule has 0 spiro atoms. The Kier molecular flexibility index (Phi) is 6.86. The van der Waals surface area contributed by atoms with Crippen LogP contribution in [0.2, 0.25) is 0 Å². The number of benzene rings is 1. The SMILES string of the molecule is COCCN1CC[C@H](C)C1.c1ccccc1. The second kappa shape index (κ2) is 8.31. The van der Waals surface area contributed by atoms with Crippen molar-refractivity contribution in [3.63, 3.8) is 0 Å². The maximum Gasteiger partial charge on any atom is 0.0589 e. The number of hydrogen-bond donors (Lipinski definition) is 0. The topological polar surface area (TPSA) is 12.5 Å². The lowest BCUT2D eigenvalue weighted by molar-refractivity contribution is 0.159. The standard InChI is InChI=1S/C8H17NO.C6H6/c1-8-3-4-9(7-8)5-6-10-2;1-2-4-6-5-3-1/h8H,3-7H2,1-2H3;1-6H/t8-;/m0./s1. The molecule has 0 saturated carbocycles. The molecule has 1 aromatic rings. The van der Waals surface area contributed by atoms with Crippen molar-refractivity contribution in [3.05, 3.63) is 36.4 Å². The maximum atomic E-state index is 5.00. The van der Waals surface area contributed by atoms with Crippen molar-refractivity contribution in [1.29, 1.82) is 0 Å². The molecule has 2 nitrogen and oxygen atoms in total. The van der Waals surface area contributed by atoms with Gasteiger partial charge in [0.1, 0.15) is 0 Å². The summed E-state index contributed by atoms with van der Waals surface area (Å²) in [7, 11) is 1.76. The monoisotopic (exact) mass is 221 g/mol. The third-order valence-corrected chi connectivity index (χ3v) is 2.79. The van der Waals surface area contributed by atoms with Crippen molar-refractivity contribution in [1.82, 2.24) is 4.90 Å². The minimum absolute atomic E-state index is 0.882. The van der Waals surface area contributed by atoms with Crippen molar-refractivity contribution < 1.29 is 4.74 Å². The van der Waals surface area contributed by atoms with E-state index in [-0.39, 0.29) is 0 Å². The highest BCUT2D eigenvalue weighted by Gasteiger charge is 2.17. The summed E-state index contributed by atoms with van der Waals surface area (Å²) in [5.74, 6) is 0.900. The molecule has 0 radical (unpaired) electrons. The molecular formula is C14H23NO. The van der Waals surface area contributed by atoms with Gasteiger partial charge in [0.2, 0.25) is 0 Å². The average molecular weight is 221 g/mol. The molecule has 1 aromatic carbocycles. The van der Waals surface area contributed by atoms with Gasteiger partial charge < -0.3 is 9.64 Å². The van der Waals surface area contributed by atoms with Crippen LogP contribution in [-0.4, -0.2) is 38.3 Å². The highest BCUT2D eigenvalue weighted by atomic mass is 16.5. The zero-order valence-electron chi connectivity index (χ0n) is 10.4. The molecule has 0 unspecified atom stereocenters. The summed E-state index contributed by atoms with van der Waals surface area (Å²) in [5.41, 5.74) is 0. The molecule has 0 aliphatic carbocycles. The third kappa shape index (κ3) is 5.89. The first-order valence-electron chi connectivity index (χ1n) is 6.04. The molecule has 1 atom stereocenters. The van der Waals surface area contributed by atoms with Crippen molar-refractivity contribution in [3.8, 4) is 0 Å². The van der Waals surface area contributed by atoms with Crippen molar-refractivity contribution in [2.24, 2.45) is 5.92 Å². The van der Waals surface area contributed by atoms with E-state index in [4.69, 9.17) is 4.74 Å². The van der Waals surface area contributed by atoms with Gasteiger partial charge in [-0.25, -0.2) is 0 Å². The van der Waals surface area contributed by atoms with Gasteiger partial charge in [0.05, 0.1) is 6.61 Å². The molecule has 0 aromatic heterocycles. The molecule has 16 heavy (non-hydrogen) atoms. The second-order valence-electron chi connectivity index (χ2n) is 4.34. The Morgan fingerprint density at radius 1 is 1.12 bits per heavy atom. The lowest BCUT2D eigenvalue weighted by Crippen LogP contribution is -2.24. The third-order valence-electron chi connectivity index (χ3n) is 2.79. The van der Waals surface area contributed by atoms with E-state index in [1.807, 2.05) is 36.4 Å². The molecule has 1 fully saturated rings. The number of nitrogens with zero attached hydrogens (tertiary/aromatic N) is 1. The van der Waals surface area contributed by atoms with Crippen LogP contribution in [-0.2, 0) is 4.74 Å². The minimum atomic E-state index is 0.882. The zero-order chi connectivity index (χ0) is 11.6. The van der Waals surface area contributed by atoms with Gasteiger partial charge in [0, 0.05) is 20.2 Å². The summed E-state index contributed by atoms with van der Waals surface area (Å²) in [6.07, 6.45) is 1.36. The van der Waals surface area contributed by atoms with E-state index in [0.717, 1.165) is 19.1 Å². The molecular weight excluding hydrogens is 198 g/mol. The number of ether oxygens (including phenoxy) is 1. The predicted molar refractivity (Wildman–Crippen MR) is 68.5 cm³/mol. The molecule has 2 heteroatoms. The van der Waals surface area contributed by atoms with E-state index in [1.54, 1.807) is 7.11 Å². The van der Waals surface area contributed by atoms with Gasteiger partial charge in [-0.3, -0.25) is 0 Å². The van der Waals surface area contributed by atoms with E-state index in [1.165, 1.54) is 19.5 Å². The quantitative estimate of drug-likeness (QED) is 0.778. The highest BCUT2D eigenvalue weighted by molar-refractivity contribution is 4.99. The van der Waals surface area contributed by atoms with E-state index >= 15 is 0 Å². The van der Waals surface area contributed by atoms with E-state index in [0.29, 0.717) is 0 Å². The van der Waals surface area contributed by atoms with Gasteiger partial charge in [-0.05, 0) is 18.9 Å². The van der Waals surface area contributed by atoms with Crippen molar-refractivity contribution >= 4 is 0 Å². The van der Waals surface area contributed by atoms with E-state index < -0.39 is 0 Å². The van der Waals surface area contributed by atoms with Crippen LogP contribution in [0, 0.1) is 5.92 Å². The second-order valence-corrected chi connectivity index (χ2v) is 4.34. The van der Waals surface area contributed by atoms with Crippen LogP contribution in [0.25, 0.3) is 0 Å². The van der Waals surface area contributed by atoms with Gasteiger partial charge in [-0.1, -0.05) is 43.3 Å². The Bertz CT molecular complexity index is 223. The highest BCUT2D eigenvalue weighted by Crippen LogP contribution is 2.13. The Balaban J connectivity index is 0.000000181. The Labute approximate surface area is 99.2 Å². The fraction of sp³-hybridized carbons (Fsp3) is 0.571. The van der Waals surface area contributed by atoms with Crippen molar-refractivity contribution in [2.75, 3.05) is 33.4 Å². The average Bonchev–Trinajstić information content (AvgIpc) is 2.76. The number of likely N-dealkylation sites (tertiary alicyclic amines) is 1. The minimum Gasteiger partial charge on any atom is -0.383 e. The first-order chi connectivity index (χ1) is 7.83. The van der Waals surface area contributed by atoms with Crippen LogP contribution in [0.15, 0.2) is 36.4 Å². The lowest BCUT2D eigenvalue weighted by Gasteiger charge is -2.13. The van der Waals surface area contributed by atoms with Gasteiger partial charge in [-0.15, -0.1) is 0 Å². The van der Waals surface area contributed by atoms with Crippen LogP contribution in [0.5, 0.6) is 0 Å². The normalized spacial score (nSPS) is 20.2. The zero-order valence-corrected chi connectivity index (χ0v) is 10.4. The summed E-state index contributed by atoms with van der Waals surface area (Å²) in [6.45, 7) is 6.84. The molecule has 0 amide bonds. The van der Waals surface area contributed by atoms with Crippen LogP contribution in [0.4, 0.5) is 0 Å². The molecule has 1 aliphatic heterocycles. The molecule has 1 aliphatic rings. The lowest BCUT2D eigenvalue weighted by atomic mass is 10.2. The first-order valence-corrected chi connectivity index (χ1v) is 6.04. The smallest absolute Gasteiger partial charge is 0.0589 e. The summed E-state index contributed by atoms with van der Waals surface area (Å²) in [5, 5.41) is 0. The molecule has 2 rings (SSSR count). The van der Waals surface area contributed by atoms with Crippen LogP contribution < -0.4 is 0 Å². The van der Waals surface area contributed by atoms with Crippen molar-refractivity contribution in [2.45, 2.75) is 13.3 Å². The number of hydrogen-bond acceptors (Lipinski definition) is 2. The molecule has 1 heterocycles. The van der Waals surface area contributed by atoms with Gasteiger partial charge in [-0.2, -0.15) is 0 Å². The van der Waals surface area contributed by atoms with E-state index in [2.05, 4.69) is 11.8 Å². The van der Waals surface area contributed by atoms with Crippen LogP contribution in [0.3, 0.4) is 0 Å². The Hall–Kier alpha value is -0.860. The Morgan fingerprint density at radius 3 is 2.06 bits per heavy atom. The van der Waals surface area contributed by atoms with Gasteiger partial charge in [0.15, 0.2) is 0 Å². The number of rotatable bonds is 3. The summed E-state index contributed by atoms with van der Waals surface area (Å²) >= 11 is 0. The molecule has 1 saturated heterocycles. The fourth-order valence-electron chi connectivity index (χ4n) is 1.83. The fourth-order valence-corrected chi connectivity index (χ4v) is 1.83. The van der Waals surface area contributed by atoms with Crippen LogP contribution in [0.1, 0.15) is 13.3 Å². The van der Waals surface area contributed by atoms with Gasteiger partial charge >= 0.3 is 0 Å². The summed E-state index contributed by atoms with van der Waals surface area (Å²) < 4.78 is 5.00. The summed E-state index contributed by atoms with van der Waals surface area (Å²) in [6, 6.07) is 12.0. The number of methoxy groups -OCH3 is 1. The first kappa shape index (κ1) is 13.2. The molecule has 0 bridgehead atoms. The predicted octanol–water partition coefficient (Wildman–Crippen LogP) is 2.66. The Morgan fingerprint density at radius 2 is 1.69 bits per heavy atom. The van der Waals surface area contributed by atoms with E-state index in [9.17, 15) is 0 Å². The van der Waals surface area contributed by atoms with Crippen LogP contribution >= 0.6 is 0 Å². The molecule has 0 N–H and O–H groups in total.